The molecule has 0 spiro atoms. The minimum atomic E-state index is -0.605. The van der Waals surface area contributed by atoms with E-state index in [1.807, 2.05) is 12.1 Å². The van der Waals surface area contributed by atoms with Crippen LogP contribution in [0.1, 0.15) is 72.2 Å². The number of hydrogen-bond donors (Lipinski definition) is 2. The lowest BCUT2D eigenvalue weighted by molar-refractivity contribution is -0.136. The SMILES string of the molecule is CCc1nc(CN2CCCC[C@@H]2COc2ccc3c(c2)CN(C2CCC(=O)NC2=O)C3=O)c(C)[nH]1. The number of piperidine rings is 2. The minimum Gasteiger partial charge on any atom is -0.492 e. The van der Waals surface area contributed by atoms with Crippen LogP contribution in [-0.2, 0) is 29.1 Å². The summed E-state index contributed by atoms with van der Waals surface area (Å²) in [6, 6.07) is 5.24. The van der Waals surface area contributed by atoms with Gasteiger partial charge in [0.15, 0.2) is 0 Å². The van der Waals surface area contributed by atoms with E-state index in [2.05, 4.69) is 29.0 Å². The molecular weight excluding hydrogens is 446 g/mol. The fraction of sp³-hybridized carbons (Fsp3) is 0.538. The Kier molecular flexibility index (Phi) is 6.60. The average molecular weight is 480 g/mol. The zero-order chi connectivity index (χ0) is 24.5. The van der Waals surface area contributed by atoms with Gasteiger partial charge in [-0.25, -0.2) is 4.98 Å². The van der Waals surface area contributed by atoms with Crippen molar-refractivity contribution in [3.8, 4) is 5.75 Å². The maximum absolute atomic E-state index is 12.9. The number of imide groups is 1. The highest BCUT2D eigenvalue weighted by Crippen LogP contribution is 2.30. The molecule has 3 aliphatic rings. The molecule has 1 aromatic carbocycles. The number of imidazole rings is 1. The van der Waals surface area contributed by atoms with Crippen LogP contribution in [0.25, 0.3) is 0 Å². The molecule has 35 heavy (non-hydrogen) atoms. The average Bonchev–Trinajstić information content (AvgIpc) is 3.37. The highest BCUT2D eigenvalue weighted by Gasteiger charge is 2.39. The number of benzene rings is 1. The third-order valence-electron chi connectivity index (χ3n) is 7.41. The van der Waals surface area contributed by atoms with Crippen LogP contribution in [0.2, 0.25) is 0 Å². The number of likely N-dealkylation sites (tertiary alicyclic amines) is 1. The van der Waals surface area contributed by atoms with Crippen molar-refractivity contribution in [3.05, 3.63) is 46.5 Å². The molecule has 2 atom stereocenters. The number of H-pyrrole nitrogens is 1. The monoisotopic (exact) mass is 479 g/mol. The van der Waals surface area contributed by atoms with Gasteiger partial charge in [-0.1, -0.05) is 13.3 Å². The second-order valence-corrected chi connectivity index (χ2v) is 9.76. The summed E-state index contributed by atoms with van der Waals surface area (Å²) in [5.74, 6) is 0.920. The van der Waals surface area contributed by atoms with E-state index >= 15 is 0 Å². The van der Waals surface area contributed by atoms with Gasteiger partial charge in [-0.15, -0.1) is 0 Å². The first kappa shape index (κ1) is 23.5. The molecule has 186 valence electrons. The maximum atomic E-state index is 12.9. The molecule has 0 aliphatic carbocycles. The maximum Gasteiger partial charge on any atom is 0.255 e. The number of aromatic nitrogens is 2. The summed E-state index contributed by atoms with van der Waals surface area (Å²) in [6.07, 6.45) is 4.95. The van der Waals surface area contributed by atoms with Gasteiger partial charge < -0.3 is 14.6 Å². The van der Waals surface area contributed by atoms with Crippen molar-refractivity contribution < 1.29 is 19.1 Å². The second kappa shape index (κ2) is 9.81. The fourth-order valence-electron chi connectivity index (χ4n) is 5.37. The molecule has 0 radical (unpaired) electrons. The molecule has 2 aromatic rings. The first-order valence-electron chi connectivity index (χ1n) is 12.6. The lowest BCUT2D eigenvalue weighted by Gasteiger charge is -2.35. The number of aryl methyl sites for hydroxylation is 2. The molecule has 2 fully saturated rings. The smallest absolute Gasteiger partial charge is 0.255 e. The zero-order valence-corrected chi connectivity index (χ0v) is 20.4. The number of carbonyl (C=O) groups is 3. The number of aromatic amines is 1. The number of ether oxygens (including phenoxy) is 1. The number of fused-ring (bicyclic) bond motifs is 1. The number of hydrogen-bond acceptors (Lipinski definition) is 6. The molecule has 4 heterocycles. The van der Waals surface area contributed by atoms with Gasteiger partial charge in [0.05, 0.1) is 5.69 Å². The normalized spacial score (nSPS) is 22.9. The van der Waals surface area contributed by atoms with Crippen molar-refractivity contribution in [1.29, 1.82) is 0 Å². The topological polar surface area (TPSA) is 108 Å². The van der Waals surface area contributed by atoms with Gasteiger partial charge in [-0.05, 0) is 56.5 Å². The van der Waals surface area contributed by atoms with E-state index < -0.39 is 11.9 Å². The quantitative estimate of drug-likeness (QED) is 0.591. The van der Waals surface area contributed by atoms with Crippen molar-refractivity contribution in [3.63, 3.8) is 0 Å². The largest absolute Gasteiger partial charge is 0.492 e. The molecule has 0 bridgehead atoms. The third-order valence-corrected chi connectivity index (χ3v) is 7.41. The van der Waals surface area contributed by atoms with E-state index in [1.54, 1.807) is 11.0 Å². The van der Waals surface area contributed by atoms with Crippen LogP contribution in [0.15, 0.2) is 18.2 Å². The minimum absolute atomic E-state index is 0.166. The summed E-state index contributed by atoms with van der Waals surface area (Å²) in [5.41, 5.74) is 3.70. The predicted molar refractivity (Wildman–Crippen MR) is 129 cm³/mol. The van der Waals surface area contributed by atoms with E-state index in [4.69, 9.17) is 9.72 Å². The molecule has 9 heteroatoms. The van der Waals surface area contributed by atoms with E-state index in [9.17, 15) is 14.4 Å². The number of carbonyl (C=O) groups excluding carboxylic acids is 3. The number of rotatable bonds is 7. The van der Waals surface area contributed by atoms with Crippen LogP contribution in [0, 0.1) is 6.92 Å². The molecule has 3 aliphatic heterocycles. The molecular formula is C26H33N5O4. The van der Waals surface area contributed by atoms with Gasteiger partial charge in [-0.2, -0.15) is 0 Å². The standard InChI is InChI=1S/C26H33N5O4/c1-3-23-27-16(2)21(28-23)14-30-11-5-4-6-18(30)15-35-19-7-8-20-17(12-19)13-31(26(20)34)22-9-10-24(32)29-25(22)33/h7-8,12,18,22H,3-6,9-11,13-15H2,1-2H3,(H,27,28)(H,29,32,33)/t18-,22?/m1/s1. The van der Waals surface area contributed by atoms with Crippen molar-refractivity contribution in [2.45, 2.75) is 77.5 Å². The number of nitrogens with one attached hydrogen (secondary N) is 2. The Morgan fingerprint density at radius 3 is 2.80 bits per heavy atom. The molecule has 0 saturated carbocycles. The molecule has 2 saturated heterocycles. The highest BCUT2D eigenvalue weighted by atomic mass is 16.5. The first-order chi connectivity index (χ1) is 16.9. The summed E-state index contributed by atoms with van der Waals surface area (Å²) in [4.78, 5) is 48.8. The van der Waals surface area contributed by atoms with E-state index in [0.717, 1.165) is 54.5 Å². The van der Waals surface area contributed by atoms with E-state index in [-0.39, 0.29) is 18.2 Å². The van der Waals surface area contributed by atoms with Crippen LogP contribution in [0.3, 0.4) is 0 Å². The molecule has 5 rings (SSSR count). The Bertz CT molecular complexity index is 1140. The lowest BCUT2D eigenvalue weighted by Crippen LogP contribution is -2.52. The second-order valence-electron chi connectivity index (χ2n) is 9.76. The van der Waals surface area contributed by atoms with Gasteiger partial charge in [0.2, 0.25) is 11.8 Å². The lowest BCUT2D eigenvalue weighted by atomic mass is 10.0. The van der Waals surface area contributed by atoms with Crippen molar-refractivity contribution >= 4 is 17.7 Å². The molecule has 1 unspecified atom stereocenters. The van der Waals surface area contributed by atoms with Gasteiger partial charge in [0.1, 0.15) is 24.2 Å². The van der Waals surface area contributed by atoms with E-state index in [1.165, 1.54) is 12.8 Å². The van der Waals surface area contributed by atoms with E-state index in [0.29, 0.717) is 31.2 Å². The summed E-state index contributed by atoms with van der Waals surface area (Å²) in [5, 5.41) is 2.34. The Hall–Kier alpha value is -3.20. The molecule has 3 amide bonds. The Labute approximate surface area is 205 Å². The fourth-order valence-corrected chi connectivity index (χ4v) is 5.37. The molecule has 9 nitrogen and oxygen atoms in total. The first-order valence-corrected chi connectivity index (χ1v) is 12.6. The van der Waals surface area contributed by atoms with Crippen LogP contribution in [-0.4, -0.2) is 62.7 Å². The Morgan fingerprint density at radius 1 is 1.17 bits per heavy atom. The third kappa shape index (κ3) is 4.82. The molecule has 2 N–H and O–H groups in total. The van der Waals surface area contributed by atoms with Crippen LogP contribution < -0.4 is 10.1 Å². The zero-order valence-electron chi connectivity index (χ0n) is 20.4. The van der Waals surface area contributed by atoms with Gasteiger partial charge >= 0.3 is 0 Å². The van der Waals surface area contributed by atoms with Crippen LogP contribution >= 0.6 is 0 Å². The highest BCUT2D eigenvalue weighted by molar-refractivity contribution is 6.05. The summed E-state index contributed by atoms with van der Waals surface area (Å²) < 4.78 is 6.22. The van der Waals surface area contributed by atoms with Crippen LogP contribution in [0.5, 0.6) is 5.75 Å². The van der Waals surface area contributed by atoms with Crippen molar-refractivity contribution in [1.82, 2.24) is 25.1 Å². The summed E-state index contributed by atoms with van der Waals surface area (Å²) in [6.45, 7) is 6.96. The Morgan fingerprint density at radius 2 is 2.03 bits per heavy atom. The summed E-state index contributed by atoms with van der Waals surface area (Å²) >= 11 is 0. The van der Waals surface area contributed by atoms with Gasteiger partial charge in [0.25, 0.3) is 5.91 Å². The van der Waals surface area contributed by atoms with Gasteiger partial charge in [0, 0.05) is 43.2 Å². The number of amides is 3. The van der Waals surface area contributed by atoms with Crippen LogP contribution in [0.4, 0.5) is 0 Å². The molecule has 1 aromatic heterocycles. The predicted octanol–water partition coefficient (Wildman–Crippen LogP) is 2.48. The van der Waals surface area contributed by atoms with Gasteiger partial charge in [-0.3, -0.25) is 24.6 Å². The summed E-state index contributed by atoms with van der Waals surface area (Å²) in [7, 11) is 0. The van der Waals surface area contributed by atoms with Crippen molar-refractivity contribution in [2.24, 2.45) is 0 Å². The van der Waals surface area contributed by atoms with Crippen molar-refractivity contribution in [2.75, 3.05) is 13.2 Å². The Balaban J connectivity index is 1.23. The number of nitrogens with zero attached hydrogens (tertiary/aromatic N) is 3.